The molecule has 0 atom stereocenters. The minimum atomic E-state index is 0.579. The van der Waals surface area contributed by atoms with Crippen molar-refractivity contribution in [1.29, 1.82) is 0 Å². The van der Waals surface area contributed by atoms with Gasteiger partial charge in [-0.25, -0.2) is 9.97 Å². The van der Waals surface area contributed by atoms with E-state index in [0.29, 0.717) is 18.4 Å². The highest BCUT2D eigenvalue weighted by Crippen LogP contribution is 2.42. The monoisotopic (exact) mass is 369 g/mol. The van der Waals surface area contributed by atoms with Crippen LogP contribution in [0.5, 0.6) is 0 Å². The number of hydrogen-bond donors (Lipinski definition) is 3. The van der Waals surface area contributed by atoms with Crippen molar-refractivity contribution in [3.05, 3.63) is 30.1 Å². The number of pyridine rings is 1. The summed E-state index contributed by atoms with van der Waals surface area (Å²) in [4.78, 5) is 16.0. The third-order valence-electron chi connectivity index (χ3n) is 4.85. The van der Waals surface area contributed by atoms with Crippen molar-refractivity contribution in [1.82, 2.24) is 15.0 Å². The number of nitrogens with one attached hydrogen (secondary N) is 2. The summed E-state index contributed by atoms with van der Waals surface area (Å²) in [6.45, 7) is 4.75. The van der Waals surface area contributed by atoms with Gasteiger partial charge in [0, 0.05) is 31.4 Å². The van der Waals surface area contributed by atoms with Crippen molar-refractivity contribution in [2.24, 2.45) is 5.73 Å². The SMILES string of the molecule is NCCCNc1nc(Nc2ccc(N3CCOCC3)nc2)ncc1C1CC1. The molecular weight excluding hydrogens is 342 g/mol. The number of hydrogen-bond acceptors (Lipinski definition) is 8. The number of ether oxygens (including phenoxy) is 1. The minimum Gasteiger partial charge on any atom is -0.378 e. The zero-order chi connectivity index (χ0) is 18.5. The lowest BCUT2D eigenvalue weighted by Crippen LogP contribution is -2.36. The summed E-state index contributed by atoms with van der Waals surface area (Å²) < 4.78 is 5.39. The fraction of sp³-hybridized carbons (Fsp3) is 0.526. The molecule has 1 saturated carbocycles. The first kappa shape index (κ1) is 17.9. The zero-order valence-corrected chi connectivity index (χ0v) is 15.5. The van der Waals surface area contributed by atoms with Crippen LogP contribution >= 0.6 is 0 Å². The summed E-state index contributed by atoms with van der Waals surface area (Å²) in [6.07, 6.45) is 7.12. The lowest BCUT2D eigenvalue weighted by molar-refractivity contribution is 0.122. The lowest BCUT2D eigenvalue weighted by Gasteiger charge is -2.27. The molecule has 4 rings (SSSR count). The van der Waals surface area contributed by atoms with E-state index in [-0.39, 0.29) is 0 Å². The number of nitrogens with two attached hydrogens (primary N) is 1. The van der Waals surface area contributed by atoms with Crippen molar-refractivity contribution in [3.63, 3.8) is 0 Å². The van der Waals surface area contributed by atoms with E-state index in [1.54, 1.807) is 0 Å². The smallest absolute Gasteiger partial charge is 0.229 e. The average Bonchev–Trinajstić information content (AvgIpc) is 3.55. The molecule has 2 fully saturated rings. The number of rotatable bonds is 8. The average molecular weight is 369 g/mol. The summed E-state index contributed by atoms with van der Waals surface area (Å²) in [6, 6.07) is 4.03. The molecule has 144 valence electrons. The Bertz CT molecular complexity index is 742. The maximum atomic E-state index is 5.60. The molecule has 8 heteroatoms. The van der Waals surface area contributed by atoms with Crippen molar-refractivity contribution in [2.75, 3.05) is 54.9 Å². The highest BCUT2D eigenvalue weighted by molar-refractivity contribution is 5.58. The summed E-state index contributed by atoms with van der Waals surface area (Å²) in [5, 5.41) is 6.67. The number of aromatic nitrogens is 3. The zero-order valence-electron chi connectivity index (χ0n) is 15.5. The molecule has 0 aromatic carbocycles. The van der Waals surface area contributed by atoms with Crippen LogP contribution in [0.1, 0.15) is 30.7 Å². The Morgan fingerprint density at radius 2 is 2.00 bits per heavy atom. The van der Waals surface area contributed by atoms with E-state index in [0.717, 1.165) is 56.6 Å². The van der Waals surface area contributed by atoms with E-state index >= 15 is 0 Å². The molecule has 0 radical (unpaired) electrons. The molecule has 2 aliphatic rings. The van der Waals surface area contributed by atoms with Gasteiger partial charge >= 0.3 is 0 Å². The van der Waals surface area contributed by atoms with Crippen molar-refractivity contribution in [2.45, 2.75) is 25.2 Å². The summed E-state index contributed by atoms with van der Waals surface area (Å²) in [5.74, 6) is 3.06. The molecular formula is C19H27N7O. The molecule has 0 unspecified atom stereocenters. The standard InChI is InChI=1S/C19H27N7O/c20-6-1-7-21-18-16(14-2-3-14)13-23-19(25-18)24-15-4-5-17(22-12-15)26-8-10-27-11-9-26/h4-5,12-14H,1-3,6-11,20H2,(H2,21,23,24,25). The van der Waals surface area contributed by atoms with Gasteiger partial charge in [0.25, 0.3) is 0 Å². The second-order valence-electron chi connectivity index (χ2n) is 6.97. The molecule has 27 heavy (non-hydrogen) atoms. The van der Waals surface area contributed by atoms with Crippen LogP contribution in [-0.4, -0.2) is 54.3 Å². The van der Waals surface area contributed by atoms with Gasteiger partial charge in [-0.1, -0.05) is 0 Å². The van der Waals surface area contributed by atoms with E-state index in [9.17, 15) is 0 Å². The van der Waals surface area contributed by atoms with E-state index in [2.05, 4.69) is 30.5 Å². The van der Waals surface area contributed by atoms with Crippen LogP contribution in [0, 0.1) is 0 Å². The minimum absolute atomic E-state index is 0.579. The number of nitrogens with zero attached hydrogens (tertiary/aromatic N) is 4. The Kier molecular flexibility index (Phi) is 5.64. The molecule has 3 heterocycles. The molecule has 0 amide bonds. The van der Waals surface area contributed by atoms with Gasteiger partial charge in [-0.05, 0) is 43.9 Å². The molecule has 8 nitrogen and oxygen atoms in total. The largest absolute Gasteiger partial charge is 0.378 e. The second kappa shape index (κ2) is 8.49. The molecule has 1 saturated heterocycles. The van der Waals surface area contributed by atoms with Crippen LogP contribution in [0.15, 0.2) is 24.5 Å². The number of morpholine rings is 1. The van der Waals surface area contributed by atoms with Gasteiger partial charge in [0.05, 0.1) is 25.1 Å². The molecule has 0 bridgehead atoms. The fourth-order valence-corrected chi connectivity index (χ4v) is 3.16. The lowest BCUT2D eigenvalue weighted by atomic mass is 10.2. The topological polar surface area (TPSA) is 101 Å². The van der Waals surface area contributed by atoms with E-state index in [1.165, 1.54) is 18.4 Å². The Labute approximate surface area is 159 Å². The first-order valence-corrected chi connectivity index (χ1v) is 9.70. The molecule has 4 N–H and O–H groups in total. The van der Waals surface area contributed by atoms with Crippen LogP contribution in [0.3, 0.4) is 0 Å². The Balaban J connectivity index is 1.44. The Hall–Kier alpha value is -2.45. The maximum absolute atomic E-state index is 5.60. The molecule has 1 aliphatic heterocycles. The fourth-order valence-electron chi connectivity index (χ4n) is 3.16. The molecule has 1 aliphatic carbocycles. The van der Waals surface area contributed by atoms with Crippen molar-refractivity contribution in [3.8, 4) is 0 Å². The third kappa shape index (κ3) is 4.64. The van der Waals surface area contributed by atoms with Crippen LogP contribution in [-0.2, 0) is 4.74 Å². The van der Waals surface area contributed by atoms with Gasteiger partial charge in [0.2, 0.25) is 5.95 Å². The van der Waals surface area contributed by atoms with E-state index in [1.807, 2.05) is 24.5 Å². The van der Waals surface area contributed by atoms with Crippen molar-refractivity contribution >= 4 is 23.3 Å². The third-order valence-corrected chi connectivity index (χ3v) is 4.85. The predicted octanol–water partition coefficient (Wildman–Crippen LogP) is 2.09. The van der Waals surface area contributed by atoms with Crippen LogP contribution < -0.4 is 21.3 Å². The molecule has 2 aromatic heterocycles. The normalized spacial score (nSPS) is 17.0. The highest BCUT2D eigenvalue weighted by atomic mass is 16.5. The number of anilines is 4. The quantitative estimate of drug-likeness (QED) is 0.608. The first-order chi connectivity index (χ1) is 13.3. The summed E-state index contributed by atoms with van der Waals surface area (Å²) in [7, 11) is 0. The van der Waals surface area contributed by atoms with Gasteiger partial charge in [0.15, 0.2) is 0 Å². The Morgan fingerprint density at radius 3 is 2.70 bits per heavy atom. The van der Waals surface area contributed by atoms with Crippen molar-refractivity contribution < 1.29 is 4.74 Å². The van der Waals surface area contributed by atoms with E-state index in [4.69, 9.17) is 10.5 Å². The Morgan fingerprint density at radius 1 is 1.15 bits per heavy atom. The summed E-state index contributed by atoms with van der Waals surface area (Å²) in [5.41, 5.74) is 7.68. The van der Waals surface area contributed by atoms with Gasteiger partial charge < -0.3 is 26.0 Å². The van der Waals surface area contributed by atoms with Crippen LogP contribution in [0.2, 0.25) is 0 Å². The predicted molar refractivity (Wildman–Crippen MR) is 107 cm³/mol. The molecule has 0 spiro atoms. The summed E-state index contributed by atoms with van der Waals surface area (Å²) >= 11 is 0. The first-order valence-electron chi connectivity index (χ1n) is 9.70. The van der Waals surface area contributed by atoms with Gasteiger partial charge in [-0.2, -0.15) is 4.98 Å². The van der Waals surface area contributed by atoms with Gasteiger partial charge in [0.1, 0.15) is 11.6 Å². The van der Waals surface area contributed by atoms with E-state index < -0.39 is 0 Å². The van der Waals surface area contributed by atoms with Gasteiger partial charge in [-0.3, -0.25) is 0 Å². The molecule has 2 aromatic rings. The highest BCUT2D eigenvalue weighted by Gasteiger charge is 2.27. The second-order valence-corrected chi connectivity index (χ2v) is 6.97. The van der Waals surface area contributed by atoms with Crippen LogP contribution in [0.4, 0.5) is 23.3 Å². The maximum Gasteiger partial charge on any atom is 0.229 e. The van der Waals surface area contributed by atoms with Gasteiger partial charge in [-0.15, -0.1) is 0 Å². The van der Waals surface area contributed by atoms with Crippen LogP contribution in [0.25, 0.3) is 0 Å².